The van der Waals surface area contributed by atoms with E-state index >= 15 is 0 Å². The SMILES string of the molecule is CC[C@@H](Sc1nc(NC(C)=O)c(NC(=O)c2ccccc2)c(=O)[nH]1)C(=O)[O-]. The maximum atomic E-state index is 12.4. The van der Waals surface area contributed by atoms with E-state index < -0.39 is 28.6 Å². The van der Waals surface area contributed by atoms with Gasteiger partial charge in [-0.1, -0.05) is 36.9 Å². The van der Waals surface area contributed by atoms with Crippen molar-refractivity contribution in [2.75, 3.05) is 10.6 Å². The third-order valence-corrected chi connectivity index (χ3v) is 4.58. The highest BCUT2D eigenvalue weighted by Crippen LogP contribution is 2.24. The molecule has 1 aromatic heterocycles. The fourth-order valence-corrected chi connectivity index (χ4v) is 2.92. The molecule has 0 radical (unpaired) electrons. The number of carbonyl (C=O) groups is 3. The van der Waals surface area contributed by atoms with Gasteiger partial charge in [0.15, 0.2) is 16.7 Å². The predicted octanol–water partition coefficient (Wildman–Crippen LogP) is 0.601. The average Bonchev–Trinajstić information content (AvgIpc) is 2.62. The van der Waals surface area contributed by atoms with E-state index in [-0.39, 0.29) is 23.1 Å². The minimum atomic E-state index is -1.30. The summed E-state index contributed by atoms with van der Waals surface area (Å²) in [5, 5.41) is 14.9. The van der Waals surface area contributed by atoms with Crippen molar-refractivity contribution >= 4 is 41.1 Å². The maximum absolute atomic E-state index is 12.4. The van der Waals surface area contributed by atoms with Crippen molar-refractivity contribution in [3.05, 3.63) is 46.2 Å². The summed E-state index contributed by atoms with van der Waals surface area (Å²) in [6.07, 6.45) is 0.249. The van der Waals surface area contributed by atoms with E-state index in [2.05, 4.69) is 20.6 Å². The molecule has 0 aliphatic carbocycles. The molecule has 2 rings (SSSR count). The molecule has 0 unspecified atom stereocenters. The molecule has 3 N–H and O–H groups in total. The zero-order chi connectivity index (χ0) is 20.0. The molecule has 1 heterocycles. The van der Waals surface area contributed by atoms with Gasteiger partial charge in [-0.2, -0.15) is 0 Å². The Hall–Kier alpha value is -3.14. The van der Waals surface area contributed by atoms with Gasteiger partial charge in [0.2, 0.25) is 5.91 Å². The van der Waals surface area contributed by atoms with E-state index in [9.17, 15) is 24.3 Å². The summed E-state index contributed by atoms with van der Waals surface area (Å²) < 4.78 is 0. The number of nitrogens with zero attached hydrogens (tertiary/aromatic N) is 1. The van der Waals surface area contributed by atoms with Crippen LogP contribution >= 0.6 is 11.8 Å². The van der Waals surface area contributed by atoms with E-state index in [1.165, 1.54) is 6.92 Å². The molecular formula is C17H17N4O5S-. The molecule has 0 spiro atoms. The first-order chi connectivity index (χ1) is 12.8. The summed E-state index contributed by atoms with van der Waals surface area (Å²) in [6.45, 7) is 2.86. The second kappa shape index (κ2) is 8.99. The van der Waals surface area contributed by atoms with Crippen LogP contribution in [0.25, 0.3) is 0 Å². The number of carboxylic acids is 1. The lowest BCUT2D eigenvalue weighted by atomic mass is 10.2. The number of carbonyl (C=O) groups excluding carboxylic acids is 3. The Morgan fingerprint density at radius 2 is 1.89 bits per heavy atom. The minimum absolute atomic E-state index is 0.0162. The second-order valence-electron chi connectivity index (χ2n) is 5.43. The molecule has 2 aromatic rings. The Morgan fingerprint density at radius 3 is 2.44 bits per heavy atom. The van der Waals surface area contributed by atoms with Gasteiger partial charge in [-0.25, -0.2) is 4.98 Å². The first kappa shape index (κ1) is 20.2. The second-order valence-corrected chi connectivity index (χ2v) is 6.62. The number of anilines is 2. The van der Waals surface area contributed by atoms with Gasteiger partial charge < -0.3 is 20.5 Å². The van der Waals surface area contributed by atoms with Gasteiger partial charge in [-0.3, -0.25) is 19.4 Å². The molecule has 9 nitrogen and oxygen atoms in total. The van der Waals surface area contributed by atoms with Crippen molar-refractivity contribution in [1.29, 1.82) is 0 Å². The molecule has 1 aromatic carbocycles. The third kappa shape index (κ3) is 5.42. The molecule has 0 aliphatic rings. The normalized spacial score (nSPS) is 11.5. The third-order valence-electron chi connectivity index (χ3n) is 3.35. The van der Waals surface area contributed by atoms with Crippen LogP contribution in [0.2, 0.25) is 0 Å². The number of aromatic nitrogens is 2. The Balaban J connectivity index is 2.38. The minimum Gasteiger partial charge on any atom is -0.549 e. The number of nitrogens with one attached hydrogen (secondary N) is 3. The molecule has 0 fully saturated rings. The van der Waals surface area contributed by atoms with Crippen molar-refractivity contribution in [1.82, 2.24) is 9.97 Å². The Morgan fingerprint density at radius 1 is 1.22 bits per heavy atom. The number of H-pyrrole nitrogens is 1. The van der Waals surface area contributed by atoms with Crippen molar-refractivity contribution in [3.8, 4) is 0 Å². The van der Waals surface area contributed by atoms with Crippen LogP contribution in [-0.4, -0.2) is 33.0 Å². The summed E-state index contributed by atoms with van der Waals surface area (Å²) in [5.74, 6) is -2.54. The zero-order valence-corrected chi connectivity index (χ0v) is 15.4. The molecule has 10 heteroatoms. The number of hydrogen-bond acceptors (Lipinski definition) is 7. The van der Waals surface area contributed by atoms with Crippen LogP contribution in [0.15, 0.2) is 40.3 Å². The highest BCUT2D eigenvalue weighted by molar-refractivity contribution is 8.00. The van der Waals surface area contributed by atoms with E-state index in [0.29, 0.717) is 5.56 Å². The van der Waals surface area contributed by atoms with E-state index in [4.69, 9.17) is 0 Å². The maximum Gasteiger partial charge on any atom is 0.277 e. The van der Waals surface area contributed by atoms with Gasteiger partial charge in [0.1, 0.15) is 0 Å². The van der Waals surface area contributed by atoms with Crippen LogP contribution in [0.5, 0.6) is 0 Å². The van der Waals surface area contributed by atoms with Crippen molar-refractivity contribution in [3.63, 3.8) is 0 Å². The molecule has 1 atom stereocenters. The first-order valence-corrected chi connectivity index (χ1v) is 8.85. The van der Waals surface area contributed by atoms with Crippen molar-refractivity contribution in [2.45, 2.75) is 30.7 Å². The molecule has 142 valence electrons. The van der Waals surface area contributed by atoms with Gasteiger partial charge >= 0.3 is 0 Å². The van der Waals surface area contributed by atoms with E-state index in [1.807, 2.05) is 0 Å². The van der Waals surface area contributed by atoms with Crippen LogP contribution < -0.4 is 21.3 Å². The van der Waals surface area contributed by atoms with Gasteiger partial charge in [0, 0.05) is 12.5 Å². The zero-order valence-electron chi connectivity index (χ0n) is 14.6. The highest BCUT2D eigenvalue weighted by atomic mass is 32.2. The molecular weight excluding hydrogens is 372 g/mol. The number of carboxylic acid groups (broad SMARTS) is 1. The Labute approximate surface area is 158 Å². The standard InChI is InChI=1S/C17H18N4O5S/c1-3-11(16(25)26)27-17-20-13(18-9(2)22)12(15(24)21-17)19-14(23)10-7-5-4-6-8-10/h4-8,11H,3H2,1-2H3,(H,19,23)(H,25,26)(H2,18,20,21,22,24)/p-1/t11-/m1/s1. The van der Waals surface area contributed by atoms with Gasteiger partial charge in [0.25, 0.3) is 11.5 Å². The molecule has 0 aliphatic heterocycles. The van der Waals surface area contributed by atoms with Crippen molar-refractivity contribution in [2.24, 2.45) is 0 Å². The molecule has 27 heavy (non-hydrogen) atoms. The predicted molar refractivity (Wildman–Crippen MR) is 98.5 cm³/mol. The molecule has 0 saturated heterocycles. The van der Waals surface area contributed by atoms with E-state index in [1.54, 1.807) is 37.3 Å². The number of rotatable bonds is 7. The lowest BCUT2D eigenvalue weighted by Gasteiger charge is -2.16. The van der Waals surface area contributed by atoms with Gasteiger partial charge in [-0.15, -0.1) is 0 Å². The van der Waals surface area contributed by atoms with Gasteiger partial charge in [-0.05, 0) is 18.6 Å². The summed E-state index contributed by atoms with van der Waals surface area (Å²) in [4.78, 5) is 53.7. The average molecular weight is 389 g/mol. The van der Waals surface area contributed by atoms with Crippen LogP contribution in [0, 0.1) is 0 Å². The first-order valence-electron chi connectivity index (χ1n) is 7.97. The quantitative estimate of drug-likeness (QED) is 0.464. The number of amides is 2. The van der Waals surface area contributed by atoms with Crippen LogP contribution in [0.3, 0.4) is 0 Å². The monoisotopic (exact) mass is 389 g/mol. The smallest absolute Gasteiger partial charge is 0.277 e. The van der Waals surface area contributed by atoms with Crippen LogP contribution in [0.1, 0.15) is 30.6 Å². The largest absolute Gasteiger partial charge is 0.549 e. The summed E-state index contributed by atoms with van der Waals surface area (Å²) in [7, 11) is 0. The molecule has 2 amide bonds. The van der Waals surface area contributed by atoms with Crippen LogP contribution in [0.4, 0.5) is 11.5 Å². The Bertz CT molecular complexity index is 913. The highest BCUT2D eigenvalue weighted by Gasteiger charge is 2.19. The van der Waals surface area contributed by atoms with Crippen LogP contribution in [-0.2, 0) is 9.59 Å². The number of benzene rings is 1. The summed E-state index contributed by atoms with van der Waals surface area (Å²) in [6, 6.07) is 8.19. The fraction of sp³-hybridized carbons (Fsp3) is 0.235. The number of hydrogen-bond donors (Lipinski definition) is 3. The lowest BCUT2D eigenvalue weighted by Crippen LogP contribution is -2.33. The molecule has 0 saturated carbocycles. The Kier molecular flexibility index (Phi) is 6.72. The summed E-state index contributed by atoms with van der Waals surface area (Å²) >= 11 is 0.783. The summed E-state index contributed by atoms with van der Waals surface area (Å²) in [5.41, 5.74) is -0.661. The molecule has 0 bridgehead atoms. The number of thioether (sulfide) groups is 1. The number of aliphatic carboxylic acids is 1. The van der Waals surface area contributed by atoms with E-state index in [0.717, 1.165) is 11.8 Å². The number of aromatic amines is 1. The van der Waals surface area contributed by atoms with Crippen molar-refractivity contribution < 1.29 is 19.5 Å². The fourth-order valence-electron chi connectivity index (χ4n) is 2.09. The topological polar surface area (TPSA) is 144 Å². The lowest BCUT2D eigenvalue weighted by molar-refractivity contribution is -0.304. The van der Waals surface area contributed by atoms with Gasteiger partial charge in [0.05, 0.1) is 11.2 Å².